The summed E-state index contributed by atoms with van der Waals surface area (Å²) >= 11 is 0. The Balaban J connectivity index is 2.13. The molecule has 5 heteroatoms. The van der Waals surface area contributed by atoms with E-state index in [1.807, 2.05) is 23.7 Å². The maximum atomic E-state index is 10.3. The van der Waals surface area contributed by atoms with E-state index in [4.69, 9.17) is 0 Å². The standard InChI is InChI=1S/C14H20N4O/c1-10(2)8-18-14(16-9-17-18)7-13(19)12-5-4-6-15-11(12)3/h4-6,9-10,13,19H,7-8H2,1-3H3. The Morgan fingerprint density at radius 1 is 1.32 bits per heavy atom. The van der Waals surface area contributed by atoms with Gasteiger partial charge in [-0.25, -0.2) is 9.67 Å². The van der Waals surface area contributed by atoms with Crippen LogP contribution in [0.15, 0.2) is 24.7 Å². The summed E-state index contributed by atoms with van der Waals surface area (Å²) in [6, 6.07) is 3.74. The second kappa shape index (κ2) is 5.93. The van der Waals surface area contributed by atoms with Crippen LogP contribution in [0.3, 0.4) is 0 Å². The van der Waals surface area contributed by atoms with Gasteiger partial charge in [0.05, 0.1) is 6.10 Å². The number of hydrogen-bond donors (Lipinski definition) is 1. The van der Waals surface area contributed by atoms with Crippen LogP contribution in [0.1, 0.15) is 37.0 Å². The van der Waals surface area contributed by atoms with Gasteiger partial charge < -0.3 is 5.11 Å². The van der Waals surface area contributed by atoms with Crippen molar-refractivity contribution in [3.05, 3.63) is 41.7 Å². The van der Waals surface area contributed by atoms with Crippen LogP contribution in [0.4, 0.5) is 0 Å². The van der Waals surface area contributed by atoms with Crippen LogP contribution in [0.2, 0.25) is 0 Å². The zero-order chi connectivity index (χ0) is 13.8. The van der Waals surface area contributed by atoms with E-state index in [1.54, 1.807) is 12.5 Å². The van der Waals surface area contributed by atoms with E-state index in [-0.39, 0.29) is 0 Å². The average molecular weight is 260 g/mol. The Labute approximate surface area is 113 Å². The van der Waals surface area contributed by atoms with E-state index in [0.717, 1.165) is 23.6 Å². The van der Waals surface area contributed by atoms with Gasteiger partial charge in [0.2, 0.25) is 0 Å². The van der Waals surface area contributed by atoms with Gasteiger partial charge in [0.15, 0.2) is 0 Å². The highest BCUT2D eigenvalue weighted by Gasteiger charge is 2.15. The van der Waals surface area contributed by atoms with E-state index in [0.29, 0.717) is 12.3 Å². The molecule has 2 heterocycles. The SMILES string of the molecule is Cc1ncccc1C(O)Cc1ncnn1CC(C)C. The lowest BCUT2D eigenvalue weighted by Gasteiger charge is -2.14. The summed E-state index contributed by atoms with van der Waals surface area (Å²) in [5.41, 5.74) is 1.70. The van der Waals surface area contributed by atoms with Crippen LogP contribution in [0.5, 0.6) is 0 Å². The van der Waals surface area contributed by atoms with Gasteiger partial charge in [0.25, 0.3) is 0 Å². The topological polar surface area (TPSA) is 63.8 Å². The van der Waals surface area contributed by atoms with E-state index < -0.39 is 6.10 Å². The van der Waals surface area contributed by atoms with Crippen molar-refractivity contribution in [3.8, 4) is 0 Å². The molecule has 0 aliphatic heterocycles. The molecule has 2 aromatic rings. The zero-order valence-corrected chi connectivity index (χ0v) is 11.6. The highest BCUT2D eigenvalue weighted by atomic mass is 16.3. The minimum absolute atomic E-state index is 0.458. The molecular formula is C14H20N4O. The lowest BCUT2D eigenvalue weighted by Crippen LogP contribution is -2.14. The molecule has 0 saturated carbocycles. The second-order valence-electron chi connectivity index (χ2n) is 5.15. The maximum Gasteiger partial charge on any atom is 0.138 e. The summed E-state index contributed by atoms with van der Waals surface area (Å²) in [5, 5.41) is 14.5. The van der Waals surface area contributed by atoms with Crippen molar-refractivity contribution in [3.63, 3.8) is 0 Å². The molecule has 0 amide bonds. The molecule has 2 rings (SSSR count). The third kappa shape index (κ3) is 3.38. The highest BCUT2D eigenvalue weighted by molar-refractivity contribution is 5.21. The lowest BCUT2D eigenvalue weighted by atomic mass is 10.1. The molecule has 0 aromatic carbocycles. The molecule has 0 radical (unpaired) electrons. The number of aliphatic hydroxyl groups excluding tert-OH is 1. The van der Waals surface area contributed by atoms with Crippen molar-refractivity contribution in [2.24, 2.45) is 5.92 Å². The van der Waals surface area contributed by atoms with Crippen molar-refractivity contribution >= 4 is 0 Å². The molecule has 19 heavy (non-hydrogen) atoms. The monoisotopic (exact) mass is 260 g/mol. The molecule has 102 valence electrons. The van der Waals surface area contributed by atoms with Gasteiger partial charge in [-0.2, -0.15) is 5.10 Å². The highest BCUT2D eigenvalue weighted by Crippen LogP contribution is 2.19. The van der Waals surface area contributed by atoms with Crippen LogP contribution < -0.4 is 0 Å². The maximum absolute atomic E-state index is 10.3. The predicted molar refractivity (Wildman–Crippen MR) is 72.5 cm³/mol. The van der Waals surface area contributed by atoms with Crippen molar-refractivity contribution in [2.75, 3.05) is 0 Å². The summed E-state index contributed by atoms with van der Waals surface area (Å²) in [6.45, 7) is 6.98. The molecule has 1 N–H and O–H groups in total. The third-order valence-electron chi connectivity index (χ3n) is 3.02. The van der Waals surface area contributed by atoms with Crippen molar-refractivity contribution in [1.29, 1.82) is 0 Å². The first-order valence-corrected chi connectivity index (χ1v) is 6.54. The number of pyridine rings is 1. The van der Waals surface area contributed by atoms with Gasteiger partial charge in [-0.15, -0.1) is 0 Å². The predicted octanol–water partition coefficient (Wildman–Crippen LogP) is 1.91. The van der Waals surface area contributed by atoms with Gasteiger partial charge in [-0.1, -0.05) is 19.9 Å². The fourth-order valence-electron chi connectivity index (χ4n) is 2.08. The fourth-order valence-corrected chi connectivity index (χ4v) is 2.08. The first kappa shape index (κ1) is 13.7. The first-order chi connectivity index (χ1) is 9.08. The summed E-state index contributed by atoms with van der Waals surface area (Å²) < 4.78 is 1.86. The first-order valence-electron chi connectivity index (χ1n) is 6.54. The fraction of sp³-hybridized carbons (Fsp3) is 0.500. The van der Waals surface area contributed by atoms with Gasteiger partial charge >= 0.3 is 0 Å². The Hall–Kier alpha value is -1.75. The minimum atomic E-state index is -0.594. The van der Waals surface area contributed by atoms with Crippen LogP contribution >= 0.6 is 0 Å². The number of aromatic nitrogens is 4. The van der Waals surface area contributed by atoms with E-state index >= 15 is 0 Å². The molecule has 1 atom stereocenters. The molecule has 0 saturated heterocycles. The summed E-state index contributed by atoms with van der Waals surface area (Å²) in [7, 11) is 0. The van der Waals surface area contributed by atoms with Crippen molar-refractivity contribution in [2.45, 2.75) is 39.8 Å². The average Bonchev–Trinajstić information content (AvgIpc) is 2.76. The number of nitrogens with zero attached hydrogens (tertiary/aromatic N) is 4. The third-order valence-corrected chi connectivity index (χ3v) is 3.02. The smallest absolute Gasteiger partial charge is 0.138 e. The van der Waals surface area contributed by atoms with Crippen LogP contribution in [0.25, 0.3) is 0 Å². The Kier molecular flexibility index (Phi) is 4.27. The van der Waals surface area contributed by atoms with E-state index in [1.165, 1.54) is 0 Å². The molecule has 5 nitrogen and oxygen atoms in total. The normalized spacial score (nSPS) is 12.9. The molecule has 0 aliphatic carbocycles. The molecule has 1 unspecified atom stereocenters. The molecular weight excluding hydrogens is 240 g/mol. The second-order valence-corrected chi connectivity index (χ2v) is 5.15. The molecule has 2 aromatic heterocycles. The van der Waals surface area contributed by atoms with E-state index in [2.05, 4.69) is 28.9 Å². The van der Waals surface area contributed by atoms with Gasteiger partial charge in [-0.05, 0) is 18.9 Å². The molecule has 0 spiro atoms. The van der Waals surface area contributed by atoms with Crippen molar-refractivity contribution in [1.82, 2.24) is 19.7 Å². The van der Waals surface area contributed by atoms with Crippen LogP contribution in [-0.2, 0) is 13.0 Å². The van der Waals surface area contributed by atoms with Gasteiger partial charge in [-0.3, -0.25) is 4.98 Å². The molecule has 0 aliphatic rings. The summed E-state index contributed by atoms with van der Waals surface area (Å²) in [4.78, 5) is 8.43. The number of aryl methyl sites for hydroxylation is 1. The summed E-state index contributed by atoms with van der Waals surface area (Å²) in [6.07, 6.45) is 3.14. The Bertz CT molecular complexity index is 536. The number of hydrogen-bond acceptors (Lipinski definition) is 4. The Morgan fingerprint density at radius 3 is 2.79 bits per heavy atom. The minimum Gasteiger partial charge on any atom is -0.388 e. The molecule has 0 bridgehead atoms. The zero-order valence-electron chi connectivity index (χ0n) is 11.6. The summed E-state index contributed by atoms with van der Waals surface area (Å²) in [5.74, 6) is 1.31. The number of rotatable bonds is 5. The molecule has 0 fully saturated rings. The van der Waals surface area contributed by atoms with E-state index in [9.17, 15) is 5.11 Å². The lowest BCUT2D eigenvalue weighted by molar-refractivity contribution is 0.172. The van der Waals surface area contributed by atoms with Gasteiger partial charge in [0.1, 0.15) is 12.2 Å². The number of aliphatic hydroxyl groups is 1. The van der Waals surface area contributed by atoms with Crippen LogP contribution in [0, 0.1) is 12.8 Å². The quantitative estimate of drug-likeness (QED) is 0.892. The Morgan fingerprint density at radius 2 is 2.11 bits per heavy atom. The van der Waals surface area contributed by atoms with Crippen molar-refractivity contribution < 1.29 is 5.11 Å². The van der Waals surface area contributed by atoms with Gasteiger partial charge in [0, 0.05) is 30.4 Å². The van der Waals surface area contributed by atoms with Crippen LogP contribution in [-0.4, -0.2) is 24.9 Å². The largest absolute Gasteiger partial charge is 0.388 e.